The Hall–Kier alpha value is -1.42. The van der Waals surface area contributed by atoms with Crippen LogP contribution in [0.4, 0.5) is 10.1 Å². The van der Waals surface area contributed by atoms with Crippen molar-refractivity contribution in [2.75, 3.05) is 5.32 Å². The number of rotatable bonds is 1. The minimum atomic E-state index is -0.402. The highest BCUT2D eigenvalue weighted by molar-refractivity contribution is 6.02. The monoisotopic (exact) mass is 194 g/mol. The fraction of sp³-hybridized carbons (Fsp3) is 0.300. The summed E-state index contributed by atoms with van der Waals surface area (Å²) in [5.41, 5.74) is 7.14. The minimum absolute atomic E-state index is 0.159. The topological polar surface area (TPSA) is 55.1 Å². The summed E-state index contributed by atoms with van der Waals surface area (Å²) in [6.07, 6.45) is 0. The van der Waals surface area contributed by atoms with Gasteiger partial charge in [-0.2, -0.15) is 0 Å². The van der Waals surface area contributed by atoms with Gasteiger partial charge in [-0.15, -0.1) is 0 Å². The summed E-state index contributed by atoms with van der Waals surface area (Å²) in [5.74, 6) is -0.847. The van der Waals surface area contributed by atoms with Crippen molar-refractivity contribution in [3.63, 3.8) is 0 Å². The van der Waals surface area contributed by atoms with Gasteiger partial charge in [0.2, 0.25) is 5.91 Å². The predicted octanol–water partition coefficient (Wildman–Crippen LogP) is 1.34. The van der Waals surface area contributed by atoms with E-state index in [0.717, 1.165) is 0 Å². The molecule has 1 unspecified atom stereocenters. The van der Waals surface area contributed by atoms with Crippen LogP contribution in [0.2, 0.25) is 0 Å². The van der Waals surface area contributed by atoms with Crippen LogP contribution >= 0.6 is 0 Å². The number of carbonyl (C=O) groups excluding carboxylic acids is 1. The van der Waals surface area contributed by atoms with Gasteiger partial charge in [0.15, 0.2) is 0 Å². The van der Waals surface area contributed by atoms with Crippen LogP contribution in [0.25, 0.3) is 0 Å². The molecule has 0 fully saturated rings. The number of amides is 1. The lowest BCUT2D eigenvalue weighted by molar-refractivity contribution is -0.116. The molecule has 0 aliphatic carbocycles. The molecule has 0 spiro atoms. The number of benzene rings is 1. The van der Waals surface area contributed by atoms with Gasteiger partial charge in [-0.1, -0.05) is 6.07 Å². The van der Waals surface area contributed by atoms with Crippen molar-refractivity contribution in [2.24, 2.45) is 5.73 Å². The second-order valence-electron chi connectivity index (χ2n) is 3.46. The van der Waals surface area contributed by atoms with E-state index >= 15 is 0 Å². The maximum absolute atomic E-state index is 13.4. The summed E-state index contributed by atoms with van der Waals surface area (Å²) >= 11 is 0. The molecule has 74 valence electrons. The average Bonchev–Trinajstić information content (AvgIpc) is 2.45. The Labute approximate surface area is 81.1 Å². The van der Waals surface area contributed by atoms with Gasteiger partial charge in [-0.25, -0.2) is 4.39 Å². The quantitative estimate of drug-likeness (QED) is 0.708. The zero-order valence-corrected chi connectivity index (χ0v) is 7.80. The first-order valence-corrected chi connectivity index (χ1v) is 4.46. The number of fused-ring (bicyclic) bond motifs is 1. The van der Waals surface area contributed by atoms with Crippen LogP contribution in [0, 0.1) is 5.82 Å². The van der Waals surface area contributed by atoms with Crippen molar-refractivity contribution < 1.29 is 9.18 Å². The lowest BCUT2D eigenvalue weighted by atomic mass is 10.0. The summed E-state index contributed by atoms with van der Waals surface area (Å²) < 4.78 is 13.4. The van der Waals surface area contributed by atoms with Crippen molar-refractivity contribution in [1.82, 2.24) is 0 Å². The number of carbonyl (C=O) groups is 1. The highest BCUT2D eigenvalue weighted by atomic mass is 19.1. The van der Waals surface area contributed by atoms with Gasteiger partial charge in [-0.3, -0.25) is 4.79 Å². The van der Waals surface area contributed by atoms with Crippen LogP contribution in [0.3, 0.4) is 0 Å². The maximum Gasteiger partial charge on any atom is 0.231 e. The van der Waals surface area contributed by atoms with E-state index in [0.29, 0.717) is 16.8 Å². The summed E-state index contributed by atoms with van der Waals surface area (Å²) in [6.45, 7) is 2.03. The van der Waals surface area contributed by atoms with Gasteiger partial charge in [0.05, 0.1) is 11.6 Å². The molecule has 1 aliphatic rings. The molecule has 3 nitrogen and oxygen atoms in total. The first-order valence-electron chi connectivity index (χ1n) is 4.46. The van der Waals surface area contributed by atoms with Crippen molar-refractivity contribution in [3.05, 3.63) is 29.1 Å². The van der Waals surface area contributed by atoms with Crippen molar-refractivity contribution in [1.29, 1.82) is 0 Å². The molecule has 4 heteroatoms. The van der Waals surface area contributed by atoms with Crippen LogP contribution in [0.15, 0.2) is 12.1 Å². The number of nitrogens with one attached hydrogen (secondary N) is 1. The molecule has 1 heterocycles. The SMILES string of the molecule is CC1C(=O)Nc2c(F)cc(CN)cc21. The Kier molecular flexibility index (Phi) is 2.00. The zero-order valence-electron chi connectivity index (χ0n) is 7.80. The molecule has 0 radical (unpaired) electrons. The third-order valence-electron chi connectivity index (χ3n) is 2.52. The molecule has 0 saturated carbocycles. The molecule has 1 aromatic carbocycles. The number of nitrogens with two attached hydrogens (primary N) is 1. The van der Waals surface area contributed by atoms with Gasteiger partial charge < -0.3 is 11.1 Å². The summed E-state index contributed by atoms with van der Waals surface area (Å²) in [5, 5.41) is 2.51. The van der Waals surface area contributed by atoms with Crippen molar-refractivity contribution >= 4 is 11.6 Å². The normalized spacial score (nSPS) is 19.4. The molecule has 3 N–H and O–H groups in total. The van der Waals surface area contributed by atoms with Gasteiger partial charge in [0.1, 0.15) is 5.82 Å². The Balaban J connectivity index is 2.57. The highest BCUT2D eigenvalue weighted by Gasteiger charge is 2.29. The van der Waals surface area contributed by atoms with Crippen LogP contribution in [0.1, 0.15) is 24.0 Å². The molecule has 0 aromatic heterocycles. The lowest BCUT2D eigenvalue weighted by Crippen LogP contribution is -2.08. The molecule has 2 rings (SSSR count). The Morgan fingerprint density at radius 3 is 2.93 bits per heavy atom. The van der Waals surface area contributed by atoms with E-state index in [4.69, 9.17) is 5.73 Å². The summed E-state index contributed by atoms with van der Waals surface area (Å²) in [6, 6.07) is 3.14. The van der Waals surface area contributed by atoms with Crippen molar-refractivity contribution in [3.8, 4) is 0 Å². The predicted molar refractivity (Wildman–Crippen MR) is 51.3 cm³/mol. The Morgan fingerprint density at radius 2 is 2.29 bits per heavy atom. The first-order chi connectivity index (χ1) is 6.63. The summed E-state index contributed by atoms with van der Waals surface area (Å²) in [4.78, 5) is 11.3. The highest BCUT2D eigenvalue weighted by Crippen LogP contribution is 2.34. The second kappa shape index (κ2) is 3.06. The molecule has 1 aliphatic heterocycles. The van der Waals surface area contributed by atoms with Gasteiger partial charge >= 0.3 is 0 Å². The van der Waals surface area contributed by atoms with Gasteiger partial charge in [-0.05, 0) is 24.1 Å². The van der Waals surface area contributed by atoms with E-state index in [9.17, 15) is 9.18 Å². The number of anilines is 1. The zero-order chi connectivity index (χ0) is 10.3. The van der Waals surface area contributed by atoms with E-state index in [-0.39, 0.29) is 18.4 Å². The Bertz CT molecular complexity index is 403. The summed E-state index contributed by atoms with van der Waals surface area (Å²) in [7, 11) is 0. The third-order valence-corrected chi connectivity index (χ3v) is 2.52. The van der Waals surface area contributed by atoms with E-state index in [2.05, 4.69) is 5.32 Å². The smallest absolute Gasteiger partial charge is 0.231 e. The van der Waals surface area contributed by atoms with Gasteiger partial charge in [0, 0.05) is 6.54 Å². The number of hydrogen-bond acceptors (Lipinski definition) is 2. The molecule has 0 bridgehead atoms. The van der Waals surface area contributed by atoms with Crippen LogP contribution in [0.5, 0.6) is 0 Å². The molecular weight excluding hydrogens is 183 g/mol. The minimum Gasteiger partial charge on any atom is -0.326 e. The largest absolute Gasteiger partial charge is 0.326 e. The Morgan fingerprint density at radius 1 is 1.57 bits per heavy atom. The standard InChI is InChI=1S/C10H11FN2O/c1-5-7-2-6(4-12)3-8(11)9(7)13-10(5)14/h2-3,5H,4,12H2,1H3,(H,13,14). The molecule has 1 aromatic rings. The fourth-order valence-electron chi connectivity index (χ4n) is 1.65. The van der Waals surface area contributed by atoms with E-state index in [1.165, 1.54) is 6.07 Å². The molecular formula is C10H11FN2O. The van der Waals surface area contributed by atoms with E-state index in [1.807, 2.05) is 0 Å². The maximum atomic E-state index is 13.4. The van der Waals surface area contributed by atoms with Crippen molar-refractivity contribution in [2.45, 2.75) is 19.4 Å². The molecule has 1 amide bonds. The third kappa shape index (κ3) is 1.19. The average molecular weight is 194 g/mol. The van der Waals surface area contributed by atoms with Crippen LogP contribution < -0.4 is 11.1 Å². The fourth-order valence-corrected chi connectivity index (χ4v) is 1.65. The molecule has 0 saturated heterocycles. The first kappa shape index (κ1) is 9.15. The number of hydrogen-bond donors (Lipinski definition) is 2. The number of halogens is 1. The van der Waals surface area contributed by atoms with Crippen LogP contribution in [-0.4, -0.2) is 5.91 Å². The van der Waals surface area contributed by atoms with Crippen LogP contribution in [-0.2, 0) is 11.3 Å². The lowest BCUT2D eigenvalue weighted by Gasteiger charge is -2.05. The van der Waals surface area contributed by atoms with E-state index in [1.54, 1.807) is 13.0 Å². The second-order valence-corrected chi connectivity index (χ2v) is 3.46. The van der Waals surface area contributed by atoms with E-state index < -0.39 is 5.82 Å². The van der Waals surface area contributed by atoms with Gasteiger partial charge in [0.25, 0.3) is 0 Å². The molecule has 1 atom stereocenters. The molecule has 14 heavy (non-hydrogen) atoms.